The maximum absolute atomic E-state index is 12.4. The van der Waals surface area contributed by atoms with Crippen molar-refractivity contribution in [1.82, 2.24) is 15.0 Å². The zero-order chi connectivity index (χ0) is 15.3. The van der Waals surface area contributed by atoms with Crippen molar-refractivity contribution in [2.24, 2.45) is 0 Å². The Bertz CT molecular complexity index is 665. The Balaban J connectivity index is 2.19. The smallest absolute Gasteiger partial charge is 0.242 e. The molecule has 2 aromatic rings. The van der Waals surface area contributed by atoms with Gasteiger partial charge >= 0.3 is 0 Å². The monoisotopic (exact) mass is 307 g/mol. The van der Waals surface area contributed by atoms with Crippen LogP contribution in [-0.2, 0) is 16.6 Å². The lowest BCUT2D eigenvalue weighted by atomic mass is 10.1. The average Bonchev–Trinajstić information content (AvgIpc) is 2.96. The highest BCUT2D eigenvalue weighted by atomic mass is 32.2. The molecule has 5 nitrogen and oxygen atoms in total. The predicted octanol–water partition coefficient (Wildman–Crippen LogP) is 2.16. The van der Waals surface area contributed by atoms with Crippen LogP contribution in [0.5, 0.6) is 0 Å². The predicted molar refractivity (Wildman–Crippen MR) is 83.4 cm³/mol. The summed E-state index contributed by atoms with van der Waals surface area (Å²) in [4.78, 5) is 3.23. The minimum Gasteiger partial charge on any atom is -0.363 e. The molecule has 6 heteroatoms. The summed E-state index contributed by atoms with van der Waals surface area (Å²) in [5.74, 6) is 0. The van der Waals surface area contributed by atoms with Crippen molar-refractivity contribution >= 4 is 10.0 Å². The molecular formula is C15H21N3O2S. The molecule has 1 atom stereocenters. The number of nitrogens with one attached hydrogen (secondary N) is 3. The van der Waals surface area contributed by atoms with Crippen molar-refractivity contribution in [2.75, 3.05) is 7.05 Å². The Kier molecular flexibility index (Phi) is 5.17. The largest absolute Gasteiger partial charge is 0.363 e. The summed E-state index contributed by atoms with van der Waals surface area (Å²) in [6, 6.07) is 11.0. The van der Waals surface area contributed by atoms with Gasteiger partial charge in [-0.2, -0.15) is 0 Å². The fourth-order valence-electron chi connectivity index (χ4n) is 2.19. The van der Waals surface area contributed by atoms with Crippen LogP contribution < -0.4 is 10.0 Å². The van der Waals surface area contributed by atoms with E-state index in [2.05, 4.69) is 15.0 Å². The zero-order valence-electron chi connectivity index (χ0n) is 12.3. The lowest BCUT2D eigenvalue weighted by molar-refractivity contribution is 0.550. The summed E-state index contributed by atoms with van der Waals surface area (Å²) in [5, 5.41) is 2.98. The van der Waals surface area contributed by atoms with Gasteiger partial charge in [0.1, 0.15) is 0 Å². The third-order valence-electron chi connectivity index (χ3n) is 3.30. The van der Waals surface area contributed by atoms with Crippen LogP contribution in [0.1, 0.15) is 30.6 Å². The first kappa shape index (κ1) is 15.8. The quantitative estimate of drug-likeness (QED) is 0.734. The lowest BCUT2D eigenvalue weighted by Gasteiger charge is -2.16. The molecule has 3 N–H and O–H groups in total. The molecular weight excluding hydrogens is 286 g/mol. The number of hydrogen-bond donors (Lipinski definition) is 3. The van der Waals surface area contributed by atoms with E-state index in [4.69, 9.17) is 0 Å². The van der Waals surface area contributed by atoms with E-state index in [1.165, 1.54) is 6.20 Å². The summed E-state index contributed by atoms with van der Waals surface area (Å²) < 4.78 is 27.6. The minimum absolute atomic E-state index is 0.223. The fourth-order valence-corrected chi connectivity index (χ4v) is 3.52. The van der Waals surface area contributed by atoms with Gasteiger partial charge in [0.2, 0.25) is 10.0 Å². The molecule has 1 unspecified atom stereocenters. The van der Waals surface area contributed by atoms with Gasteiger partial charge in [-0.15, -0.1) is 0 Å². The first-order chi connectivity index (χ1) is 10.1. The van der Waals surface area contributed by atoms with E-state index in [0.29, 0.717) is 13.0 Å². The minimum atomic E-state index is -3.53. The molecule has 0 amide bonds. The molecule has 1 aromatic carbocycles. The van der Waals surface area contributed by atoms with E-state index >= 15 is 0 Å². The Labute approximate surface area is 125 Å². The SMILES string of the molecule is CCC(NS(=O)(=O)c1c[nH]c(CNC)c1)c1ccccc1. The fraction of sp³-hybridized carbons (Fsp3) is 0.333. The molecule has 1 aromatic heterocycles. The molecule has 0 aliphatic carbocycles. The van der Waals surface area contributed by atoms with Crippen molar-refractivity contribution in [1.29, 1.82) is 0 Å². The molecule has 0 aliphatic rings. The van der Waals surface area contributed by atoms with Crippen LogP contribution in [0.15, 0.2) is 47.5 Å². The number of H-pyrrole nitrogens is 1. The molecule has 0 radical (unpaired) electrons. The Hall–Kier alpha value is -1.63. The molecule has 0 fully saturated rings. The van der Waals surface area contributed by atoms with E-state index in [9.17, 15) is 8.42 Å². The van der Waals surface area contributed by atoms with Gasteiger partial charge in [-0.1, -0.05) is 37.3 Å². The van der Waals surface area contributed by atoms with Gasteiger partial charge in [0.25, 0.3) is 0 Å². The summed E-state index contributed by atoms with van der Waals surface area (Å²) in [6.45, 7) is 2.56. The van der Waals surface area contributed by atoms with Crippen LogP contribution >= 0.6 is 0 Å². The normalized spacial score (nSPS) is 13.2. The molecule has 114 valence electrons. The standard InChI is InChI=1S/C15H21N3O2S/c1-3-15(12-7-5-4-6-8-12)18-21(19,20)14-9-13(10-16-2)17-11-14/h4-9,11,15-18H,3,10H2,1-2H3. The summed E-state index contributed by atoms with van der Waals surface area (Å²) in [5.41, 5.74) is 1.81. The van der Waals surface area contributed by atoms with Crippen molar-refractivity contribution < 1.29 is 8.42 Å². The molecule has 21 heavy (non-hydrogen) atoms. The number of aromatic nitrogens is 1. The number of aromatic amines is 1. The Morgan fingerprint density at radius 1 is 1.24 bits per heavy atom. The molecule has 2 rings (SSSR count). The van der Waals surface area contributed by atoms with Crippen LogP contribution in [0, 0.1) is 0 Å². The molecule has 0 bridgehead atoms. The first-order valence-electron chi connectivity index (χ1n) is 6.96. The highest BCUT2D eigenvalue weighted by Gasteiger charge is 2.21. The molecule has 0 saturated heterocycles. The van der Waals surface area contributed by atoms with Crippen LogP contribution in [0.25, 0.3) is 0 Å². The Morgan fingerprint density at radius 2 is 1.95 bits per heavy atom. The number of hydrogen-bond acceptors (Lipinski definition) is 3. The van der Waals surface area contributed by atoms with Crippen LogP contribution in [0.2, 0.25) is 0 Å². The Morgan fingerprint density at radius 3 is 2.57 bits per heavy atom. The van der Waals surface area contributed by atoms with Gasteiger partial charge in [0.15, 0.2) is 0 Å². The van der Waals surface area contributed by atoms with Gasteiger partial charge in [-0.3, -0.25) is 0 Å². The van der Waals surface area contributed by atoms with Gasteiger partial charge in [-0.05, 0) is 25.1 Å². The van der Waals surface area contributed by atoms with E-state index < -0.39 is 10.0 Å². The van der Waals surface area contributed by atoms with Gasteiger partial charge < -0.3 is 10.3 Å². The van der Waals surface area contributed by atoms with E-state index in [0.717, 1.165) is 11.3 Å². The second-order valence-electron chi connectivity index (χ2n) is 4.88. The second-order valence-corrected chi connectivity index (χ2v) is 6.60. The third kappa shape index (κ3) is 3.93. The third-order valence-corrected chi connectivity index (χ3v) is 4.75. The molecule has 1 heterocycles. The van der Waals surface area contributed by atoms with Crippen molar-refractivity contribution in [3.05, 3.63) is 53.9 Å². The van der Waals surface area contributed by atoms with Crippen molar-refractivity contribution in [2.45, 2.75) is 30.8 Å². The maximum atomic E-state index is 12.4. The van der Waals surface area contributed by atoms with E-state index in [1.54, 1.807) is 6.07 Å². The highest BCUT2D eigenvalue weighted by Crippen LogP contribution is 2.20. The average molecular weight is 307 g/mol. The van der Waals surface area contributed by atoms with Crippen LogP contribution in [-0.4, -0.2) is 20.4 Å². The number of sulfonamides is 1. The van der Waals surface area contributed by atoms with E-state index in [1.807, 2.05) is 44.3 Å². The number of rotatable bonds is 7. The van der Waals surface area contributed by atoms with Gasteiger partial charge in [0, 0.05) is 24.5 Å². The van der Waals surface area contributed by atoms with Crippen LogP contribution in [0.4, 0.5) is 0 Å². The van der Waals surface area contributed by atoms with Gasteiger partial charge in [-0.25, -0.2) is 13.1 Å². The first-order valence-corrected chi connectivity index (χ1v) is 8.44. The molecule has 0 aliphatic heterocycles. The van der Waals surface area contributed by atoms with E-state index in [-0.39, 0.29) is 10.9 Å². The summed E-state index contributed by atoms with van der Waals surface area (Å²) >= 11 is 0. The van der Waals surface area contributed by atoms with Gasteiger partial charge in [0.05, 0.1) is 4.90 Å². The topological polar surface area (TPSA) is 74.0 Å². The summed E-state index contributed by atoms with van der Waals surface area (Å²) in [6.07, 6.45) is 2.21. The van der Waals surface area contributed by atoms with Crippen molar-refractivity contribution in [3.8, 4) is 0 Å². The zero-order valence-corrected chi connectivity index (χ0v) is 13.1. The van der Waals surface area contributed by atoms with Crippen molar-refractivity contribution in [3.63, 3.8) is 0 Å². The summed E-state index contributed by atoms with van der Waals surface area (Å²) in [7, 11) is -1.71. The maximum Gasteiger partial charge on any atom is 0.242 e. The molecule has 0 saturated carbocycles. The second kappa shape index (κ2) is 6.89. The van der Waals surface area contributed by atoms with Crippen LogP contribution in [0.3, 0.4) is 0 Å². The number of benzene rings is 1. The molecule has 0 spiro atoms. The highest BCUT2D eigenvalue weighted by molar-refractivity contribution is 7.89. The lowest BCUT2D eigenvalue weighted by Crippen LogP contribution is -2.28.